The monoisotopic (exact) mass is 193 g/mol. The van der Waals surface area contributed by atoms with Crippen LogP contribution in [0.2, 0.25) is 0 Å². The zero-order valence-electron chi connectivity index (χ0n) is 8.56. The Morgan fingerprint density at radius 3 is 3.00 bits per heavy atom. The molecule has 0 spiro atoms. The van der Waals surface area contributed by atoms with Crippen LogP contribution in [-0.2, 0) is 11.2 Å². The number of rotatable bonds is 5. The molecule has 0 fully saturated rings. The Kier molecular flexibility index (Phi) is 4.11. The molecule has 1 aromatic rings. The first-order valence-electron chi connectivity index (χ1n) is 4.73. The van der Waals surface area contributed by atoms with E-state index in [1.807, 2.05) is 0 Å². The lowest BCUT2D eigenvalue weighted by Crippen LogP contribution is -2.05. The van der Waals surface area contributed by atoms with Crippen molar-refractivity contribution in [2.24, 2.45) is 5.92 Å². The van der Waals surface area contributed by atoms with Gasteiger partial charge in [0.2, 0.25) is 0 Å². The summed E-state index contributed by atoms with van der Waals surface area (Å²) in [7, 11) is 0. The third kappa shape index (κ3) is 3.56. The number of carbonyl (C=O) groups excluding carboxylic acids is 1. The Balaban J connectivity index is 2.58. The fourth-order valence-corrected chi connectivity index (χ4v) is 1.01. The Bertz CT molecular complexity index is 297. The Morgan fingerprint density at radius 2 is 2.36 bits per heavy atom. The average molecular weight is 193 g/mol. The van der Waals surface area contributed by atoms with Crippen molar-refractivity contribution in [1.29, 1.82) is 0 Å². The van der Waals surface area contributed by atoms with Crippen molar-refractivity contribution in [2.75, 3.05) is 6.61 Å². The van der Waals surface area contributed by atoms with Gasteiger partial charge in [0, 0.05) is 18.7 Å². The molecule has 0 N–H and O–H groups in total. The van der Waals surface area contributed by atoms with Crippen molar-refractivity contribution in [2.45, 2.75) is 20.3 Å². The first kappa shape index (κ1) is 10.7. The lowest BCUT2D eigenvalue weighted by Gasteiger charge is -2.08. The highest BCUT2D eigenvalue weighted by molar-refractivity contribution is 5.53. The SMILES string of the molecule is CC(C)COc1ccnc(CC=O)c1. The summed E-state index contributed by atoms with van der Waals surface area (Å²) in [5.41, 5.74) is 0.751. The van der Waals surface area contributed by atoms with Crippen molar-refractivity contribution in [1.82, 2.24) is 4.98 Å². The van der Waals surface area contributed by atoms with Crippen LogP contribution in [0, 0.1) is 5.92 Å². The zero-order valence-corrected chi connectivity index (χ0v) is 8.56. The molecule has 0 aliphatic carbocycles. The second-order valence-electron chi connectivity index (χ2n) is 3.56. The highest BCUT2D eigenvalue weighted by Gasteiger charge is 1.99. The van der Waals surface area contributed by atoms with Gasteiger partial charge < -0.3 is 9.53 Å². The zero-order chi connectivity index (χ0) is 10.4. The molecule has 0 aliphatic heterocycles. The molecule has 1 rings (SSSR count). The van der Waals surface area contributed by atoms with E-state index in [-0.39, 0.29) is 0 Å². The highest BCUT2D eigenvalue weighted by Crippen LogP contribution is 2.11. The van der Waals surface area contributed by atoms with Crippen LogP contribution in [0.15, 0.2) is 18.3 Å². The minimum atomic E-state index is 0.346. The molecule has 0 saturated carbocycles. The summed E-state index contributed by atoms with van der Waals surface area (Å²) < 4.78 is 5.50. The summed E-state index contributed by atoms with van der Waals surface area (Å²) in [5, 5.41) is 0. The van der Waals surface area contributed by atoms with Crippen LogP contribution in [0.1, 0.15) is 19.5 Å². The first-order chi connectivity index (χ1) is 6.72. The maximum atomic E-state index is 10.3. The van der Waals surface area contributed by atoms with E-state index in [1.54, 1.807) is 18.3 Å². The Labute approximate surface area is 84.1 Å². The van der Waals surface area contributed by atoms with Crippen molar-refractivity contribution < 1.29 is 9.53 Å². The predicted molar refractivity (Wildman–Crippen MR) is 54.3 cm³/mol. The van der Waals surface area contributed by atoms with Gasteiger partial charge in [-0.1, -0.05) is 13.8 Å². The molecular formula is C11H15NO2. The van der Waals surface area contributed by atoms with Crippen LogP contribution in [0.5, 0.6) is 5.75 Å². The van der Waals surface area contributed by atoms with E-state index < -0.39 is 0 Å². The molecular weight excluding hydrogens is 178 g/mol. The molecule has 0 aliphatic rings. The third-order valence-corrected chi connectivity index (χ3v) is 1.66. The molecule has 1 aromatic heterocycles. The summed E-state index contributed by atoms with van der Waals surface area (Å²) in [5.74, 6) is 1.28. The molecule has 3 heteroatoms. The van der Waals surface area contributed by atoms with Gasteiger partial charge in [-0.25, -0.2) is 0 Å². The molecule has 3 nitrogen and oxygen atoms in total. The third-order valence-electron chi connectivity index (χ3n) is 1.66. The number of carbonyl (C=O) groups is 1. The number of pyridine rings is 1. The van der Waals surface area contributed by atoms with E-state index in [0.717, 1.165) is 17.7 Å². The lowest BCUT2D eigenvalue weighted by molar-refractivity contribution is -0.107. The molecule has 0 saturated heterocycles. The second-order valence-corrected chi connectivity index (χ2v) is 3.56. The van der Waals surface area contributed by atoms with E-state index in [4.69, 9.17) is 4.74 Å². The number of ether oxygens (including phenoxy) is 1. The highest BCUT2D eigenvalue weighted by atomic mass is 16.5. The maximum Gasteiger partial charge on any atom is 0.125 e. The Morgan fingerprint density at radius 1 is 1.57 bits per heavy atom. The van der Waals surface area contributed by atoms with Gasteiger partial charge in [-0.15, -0.1) is 0 Å². The van der Waals surface area contributed by atoms with Crippen molar-refractivity contribution in [3.8, 4) is 5.75 Å². The topological polar surface area (TPSA) is 39.2 Å². The van der Waals surface area contributed by atoms with Crippen LogP contribution in [0.3, 0.4) is 0 Å². The molecule has 0 aromatic carbocycles. The average Bonchev–Trinajstić information content (AvgIpc) is 2.16. The largest absolute Gasteiger partial charge is 0.493 e. The van der Waals surface area contributed by atoms with Gasteiger partial charge in [-0.3, -0.25) is 4.98 Å². The molecule has 0 unspecified atom stereocenters. The molecule has 1 heterocycles. The first-order valence-corrected chi connectivity index (χ1v) is 4.73. The fourth-order valence-electron chi connectivity index (χ4n) is 1.01. The second kappa shape index (κ2) is 5.37. The van der Waals surface area contributed by atoms with Gasteiger partial charge in [0.1, 0.15) is 12.0 Å². The van der Waals surface area contributed by atoms with E-state index in [0.29, 0.717) is 18.9 Å². The summed E-state index contributed by atoms with van der Waals surface area (Å²) >= 11 is 0. The minimum absolute atomic E-state index is 0.346. The lowest BCUT2D eigenvalue weighted by atomic mass is 10.2. The van der Waals surface area contributed by atoms with E-state index in [2.05, 4.69) is 18.8 Å². The number of hydrogen-bond acceptors (Lipinski definition) is 3. The van der Waals surface area contributed by atoms with Gasteiger partial charge >= 0.3 is 0 Å². The summed E-state index contributed by atoms with van der Waals surface area (Å²) in [6, 6.07) is 3.60. The fraction of sp³-hybridized carbons (Fsp3) is 0.455. The van der Waals surface area contributed by atoms with Gasteiger partial charge in [0.25, 0.3) is 0 Å². The molecule has 76 valence electrons. The van der Waals surface area contributed by atoms with Gasteiger partial charge in [0.15, 0.2) is 0 Å². The van der Waals surface area contributed by atoms with Crippen LogP contribution in [0.25, 0.3) is 0 Å². The van der Waals surface area contributed by atoms with E-state index in [1.165, 1.54) is 0 Å². The van der Waals surface area contributed by atoms with Gasteiger partial charge in [-0.05, 0) is 12.0 Å². The van der Waals surface area contributed by atoms with Gasteiger partial charge in [-0.2, -0.15) is 0 Å². The van der Waals surface area contributed by atoms with Crippen molar-refractivity contribution in [3.63, 3.8) is 0 Å². The van der Waals surface area contributed by atoms with Crippen LogP contribution < -0.4 is 4.74 Å². The molecule has 14 heavy (non-hydrogen) atoms. The quantitative estimate of drug-likeness (QED) is 0.670. The molecule has 0 bridgehead atoms. The smallest absolute Gasteiger partial charge is 0.125 e. The van der Waals surface area contributed by atoms with Crippen LogP contribution in [0.4, 0.5) is 0 Å². The standard InChI is InChI=1S/C11H15NO2/c1-9(2)8-14-11-3-5-12-10(7-11)4-6-13/h3,5-7,9H,4,8H2,1-2H3. The molecule has 0 amide bonds. The van der Waals surface area contributed by atoms with Gasteiger partial charge in [0.05, 0.1) is 12.3 Å². The van der Waals surface area contributed by atoms with Crippen molar-refractivity contribution in [3.05, 3.63) is 24.0 Å². The van der Waals surface area contributed by atoms with Crippen LogP contribution in [-0.4, -0.2) is 17.9 Å². The van der Waals surface area contributed by atoms with E-state index >= 15 is 0 Å². The number of aromatic nitrogens is 1. The summed E-state index contributed by atoms with van der Waals surface area (Å²) in [6.07, 6.45) is 2.85. The molecule has 0 atom stereocenters. The minimum Gasteiger partial charge on any atom is -0.493 e. The number of hydrogen-bond donors (Lipinski definition) is 0. The van der Waals surface area contributed by atoms with Crippen molar-refractivity contribution >= 4 is 6.29 Å². The number of aldehydes is 1. The van der Waals surface area contributed by atoms with Crippen LogP contribution >= 0.6 is 0 Å². The summed E-state index contributed by atoms with van der Waals surface area (Å²) in [4.78, 5) is 14.3. The predicted octanol–water partition coefficient (Wildman–Crippen LogP) is 1.86. The number of nitrogens with zero attached hydrogens (tertiary/aromatic N) is 1. The Hall–Kier alpha value is -1.38. The maximum absolute atomic E-state index is 10.3. The van der Waals surface area contributed by atoms with E-state index in [9.17, 15) is 4.79 Å². The normalized spacial score (nSPS) is 10.2. The molecule has 0 radical (unpaired) electrons. The summed E-state index contributed by atoms with van der Waals surface area (Å²) in [6.45, 7) is 4.87.